The van der Waals surface area contributed by atoms with Gasteiger partial charge in [-0.15, -0.1) is 0 Å². The molecule has 0 aliphatic heterocycles. The zero-order valence-corrected chi connectivity index (χ0v) is 14.5. The van der Waals surface area contributed by atoms with E-state index >= 15 is 0 Å². The number of hydrogen-bond donors (Lipinski definition) is 2. The lowest BCUT2D eigenvalue weighted by atomic mass is 10.1. The molecule has 7 nitrogen and oxygen atoms in total. The van der Waals surface area contributed by atoms with Crippen molar-refractivity contribution in [3.63, 3.8) is 0 Å². The Morgan fingerprint density at radius 3 is 2.35 bits per heavy atom. The van der Waals surface area contributed by atoms with E-state index < -0.39 is 10.0 Å². The number of rotatable bonds is 6. The molecule has 0 unspecified atom stereocenters. The molecule has 0 saturated heterocycles. The molecule has 0 aliphatic carbocycles. The third-order valence-electron chi connectivity index (χ3n) is 3.54. The number of hydrogen-bond acceptors (Lipinski definition) is 5. The molecule has 3 aromatic rings. The second-order valence-electron chi connectivity index (χ2n) is 5.38. The molecule has 3 rings (SSSR count). The zero-order valence-electron chi connectivity index (χ0n) is 13.7. The predicted molar refractivity (Wildman–Crippen MR) is 96.9 cm³/mol. The van der Waals surface area contributed by atoms with Crippen molar-refractivity contribution >= 4 is 21.7 Å². The van der Waals surface area contributed by atoms with Crippen LogP contribution in [0, 0.1) is 0 Å². The average molecular weight is 368 g/mol. The van der Waals surface area contributed by atoms with Crippen LogP contribution in [0.1, 0.15) is 15.9 Å². The van der Waals surface area contributed by atoms with E-state index in [-0.39, 0.29) is 17.3 Å². The van der Waals surface area contributed by atoms with Crippen LogP contribution >= 0.6 is 0 Å². The van der Waals surface area contributed by atoms with E-state index in [4.69, 9.17) is 0 Å². The summed E-state index contributed by atoms with van der Waals surface area (Å²) in [5.74, 6) is 0.0408. The quantitative estimate of drug-likeness (QED) is 0.695. The Balaban J connectivity index is 1.62. The molecular formula is C18H16N4O3S. The van der Waals surface area contributed by atoms with Crippen molar-refractivity contribution in [2.24, 2.45) is 0 Å². The summed E-state index contributed by atoms with van der Waals surface area (Å²) in [5.41, 5.74) is 1.17. The first-order valence-electron chi connectivity index (χ1n) is 7.76. The largest absolute Gasteiger partial charge is 0.305 e. The third kappa shape index (κ3) is 4.50. The highest BCUT2D eigenvalue weighted by Crippen LogP contribution is 2.10. The summed E-state index contributed by atoms with van der Waals surface area (Å²) < 4.78 is 26.9. The van der Waals surface area contributed by atoms with Crippen molar-refractivity contribution < 1.29 is 13.2 Å². The van der Waals surface area contributed by atoms with Crippen molar-refractivity contribution in [3.05, 3.63) is 84.3 Å². The third-order valence-corrected chi connectivity index (χ3v) is 4.96. The van der Waals surface area contributed by atoms with Crippen LogP contribution < -0.4 is 10.0 Å². The molecule has 0 fully saturated rings. The lowest BCUT2D eigenvalue weighted by Gasteiger charge is -2.08. The minimum atomic E-state index is -3.57. The van der Waals surface area contributed by atoms with Crippen molar-refractivity contribution in [1.82, 2.24) is 14.7 Å². The maximum Gasteiger partial charge on any atom is 0.256 e. The Kier molecular flexibility index (Phi) is 5.35. The van der Waals surface area contributed by atoms with Crippen LogP contribution in [-0.2, 0) is 16.6 Å². The SMILES string of the molecule is O=C(Nc1cnccn1)c1ccc(CNS(=O)(=O)c2ccccc2)cc1. The first-order valence-corrected chi connectivity index (χ1v) is 9.24. The second kappa shape index (κ2) is 7.85. The number of amides is 1. The Bertz CT molecular complexity index is 976. The first-order chi connectivity index (χ1) is 12.5. The Morgan fingerprint density at radius 1 is 0.962 bits per heavy atom. The number of carbonyl (C=O) groups excluding carboxylic acids is 1. The highest BCUT2D eigenvalue weighted by atomic mass is 32.2. The van der Waals surface area contributed by atoms with E-state index in [1.54, 1.807) is 42.5 Å². The van der Waals surface area contributed by atoms with Crippen LogP contribution in [0.3, 0.4) is 0 Å². The van der Waals surface area contributed by atoms with Crippen molar-refractivity contribution in [3.8, 4) is 0 Å². The molecule has 0 saturated carbocycles. The molecule has 1 aromatic heterocycles. The van der Waals surface area contributed by atoms with Gasteiger partial charge in [-0.1, -0.05) is 30.3 Å². The molecule has 2 aromatic carbocycles. The molecule has 1 amide bonds. The number of aromatic nitrogens is 2. The second-order valence-corrected chi connectivity index (χ2v) is 7.15. The normalized spacial score (nSPS) is 11.1. The van der Waals surface area contributed by atoms with Crippen molar-refractivity contribution in [2.75, 3.05) is 5.32 Å². The summed E-state index contributed by atoms with van der Waals surface area (Å²) in [7, 11) is -3.57. The fourth-order valence-corrected chi connectivity index (χ4v) is 3.23. The molecular weight excluding hydrogens is 352 g/mol. The number of benzene rings is 2. The van der Waals surface area contributed by atoms with Crippen LogP contribution in [-0.4, -0.2) is 24.3 Å². The number of carbonyl (C=O) groups is 1. The van der Waals surface area contributed by atoms with Gasteiger partial charge in [0.1, 0.15) is 0 Å². The summed E-state index contributed by atoms with van der Waals surface area (Å²) in [5, 5.41) is 2.63. The number of anilines is 1. The molecule has 0 bridgehead atoms. The lowest BCUT2D eigenvalue weighted by molar-refractivity contribution is 0.102. The average Bonchev–Trinajstić information content (AvgIpc) is 2.68. The van der Waals surface area contributed by atoms with Gasteiger partial charge in [0.15, 0.2) is 5.82 Å². The van der Waals surface area contributed by atoms with E-state index in [0.717, 1.165) is 5.56 Å². The van der Waals surface area contributed by atoms with Gasteiger partial charge in [-0.3, -0.25) is 9.78 Å². The number of nitrogens with zero attached hydrogens (tertiary/aromatic N) is 2. The molecule has 0 aliphatic rings. The predicted octanol–water partition coefficient (Wildman–Crippen LogP) is 2.21. The maximum absolute atomic E-state index is 12.2. The fourth-order valence-electron chi connectivity index (χ4n) is 2.19. The molecule has 0 radical (unpaired) electrons. The minimum absolute atomic E-state index is 0.128. The van der Waals surface area contributed by atoms with Gasteiger partial charge in [0.25, 0.3) is 5.91 Å². The van der Waals surface area contributed by atoms with E-state index in [1.807, 2.05) is 0 Å². The fraction of sp³-hybridized carbons (Fsp3) is 0.0556. The molecule has 2 N–H and O–H groups in total. The van der Waals surface area contributed by atoms with E-state index in [9.17, 15) is 13.2 Å². The standard InChI is InChI=1S/C18H16N4O3S/c23-18(22-17-13-19-10-11-20-17)15-8-6-14(7-9-15)12-21-26(24,25)16-4-2-1-3-5-16/h1-11,13,21H,12H2,(H,20,22,23). The van der Waals surface area contributed by atoms with Gasteiger partial charge >= 0.3 is 0 Å². The van der Waals surface area contributed by atoms with Crippen LogP contribution in [0.15, 0.2) is 78.1 Å². The number of sulfonamides is 1. The van der Waals surface area contributed by atoms with E-state index in [0.29, 0.717) is 11.4 Å². The lowest BCUT2D eigenvalue weighted by Crippen LogP contribution is -2.23. The first kappa shape index (κ1) is 17.7. The maximum atomic E-state index is 12.2. The van der Waals surface area contributed by atoms with E-state index in [2.05, 4.69) is 20.0 Å². The van der Waals surface area contributed by atoms with E-state index in [1.165, 1.54) is 30.7 Å². The zero-order chi connectivity index (χ0) is 18.4. The molecule has 0 spiro atoms. The van der Waals surface area contributed by atoms with Gasteiger partial charge in [-0.05, 0) is 29.8 Å². The Morgan fingerprint density at radius 2 is 1.69 bits per heavy atom. The molecule has 26 heavy (non-hydrogen) atoms. The Labute approximate surface area is 151 Å². The molecule has 1 heterocycles. The van der Waals surface area contributed by atoms with Gasteiger partial charge in [0.2, 0.25) is 10.0 Å². The van der Waals surface area contributed by atoms with Gasteiger partial charge < -0.3 is 5.32 Å². The van der Waals surface area contributed by atoms with Crippen LogP contribution in [0.25, 0.3) is 0 Å². The summed E-state index contributed by atoms with van der Waals surface area (Å²) >= 11 is 0. The van der Waals surface area contributed by atoms with Gasteiger partial charge in [0, 0.05) is 24.5 Å². The Hall–Kier alpha value is -3.10. The highest BCUT2D eigenvalue weighted by Gasteiger charge is 2.13. The monoisotopic (exact) mass is 368 g/mol. The van der Waals surface area contributed by atoms with Gasteiger partial charge in [0.05, 0.1) is 11.1 Å². The van der Waals surface area contributed by atoms with Crippen molar-refractivity contribution in [1.29, 1.82) is 0 Å². The summed E-state index contributed by atoms with van der Waals surface area (Å²) in [6.07, 6.45) is 4.45. The smallest absolute Gasteiger partial charge is 0.256 e. The van der Waals surface area contributed by atoms with Gasteiger partial charge in [-0.2, -0.15) is 0 Å². The summed E-state index contributed by atoms with van der Waals surface area (Å²) in [4.78, 5) is 20.2. The minimum Gasteiger partial charge on any atom is -0.305 e. The van der Waals surface area contributed by atoms with Crippen molar-refractivity contribution in [2.45, 2.75) is 11.4 Å². The van der Waals surface area contributed by atoms with Gasteiger partial charge in [-0.25, -0.2) is 18.1 Å². The molecule has 8 heteroatoms. The van der Waals surface area contributed by atoms with Crippen LogP contribution in [0.4, 0.5) is 5.82 Å². The molecule has 0 atom stereocenters. The number of nitrogens with one attached hydrogen (secondary N) is 2. The summed E-state index contributed by atoms with van der Waals surface area (Å²) in [6, 6.07) is 14.8. The summed E-state index contributed by atoms with van der Waals surface area (Å²) in [6.45, 7) is 0.128. The topological polar surface area (TPSA) is 101 Å². The molecule has 132 valence electrons. The van der Waals surface area contributed by atoms with Crippen LogP contribution in [0.2, 0.25) is 0 Å². The van der Waals surface area contributed by atoms with Crippen LogP contribution in [0.5, 0.6) is 0 Å². The highest BCUT2D eigenvalue weighted by molar-refractivity contribution is 7.89.